The van der Waals surface area contributed by atoms with E-state index in [0.717, 1.165) is 66.2 Å². The van der Waals surface area contributed by atoms with Crippen LogP contribution in [0.3, 0.4) is 0 Å². The Morgan fingerprint density at radius 3 is 1.73 bits per heavy atom. The maximum atomic E-state index is 10.4. The maximum absolute atomic E-state index is 10.4. The average molecular weight is 611 g/mol. The SMILES string of the molecule is N#Cc1ccnc2c1c(-c1ccc3c(c1)c1ccccc1n3-c1ccccc1)cc1cc3c4ccccc4n(-c4ccccc4)c3cc12. The van der Waals surface area contributed by atoms with Gasteiger partial charge in [-0.1, -0.05) is 78.9 Å². The van der Waals surface area contributed by atoms with E-state index in [4.69, 9.17) is 4.98 Å². The molecule has 10 aromatic rings. The van der Waals surface area contributed by atoms with E-state index in [1.807, 2.05) is 18.2 Å². The Labute approximate surface area is 276 Å². The molecule has 0 saturated carbocycles. The smallest absolute Gasteiger partial charge is 0.0999 e. The van der Waals surface area contributed by atoms with E-state index in [9.17, 15) is 5.26 Å². The number of rotatable bonds is 3. The van der Waals surface area contributed by atoms with Crippen LogP contribution in [0.25, 0.3) is 87.8 Å². The summed E-state index contributed by atoms with van der Waals surface area (Å²) in [6.07, 6.45) is 1.76. The molecule has 0 aliphatic carbocycles. The number of para-hydroxylation sites is 4. The zero-order chi connectivity index (χ0) is 31.8. The van der Waals surface area contributed by atoms with Gasteiger partial charge in [0.15, 0.2) is 0 Å². The van der Waals surface area contributed by atoms with Crippen molar-refractivity contribution in [1.29, 1.82) is 5.26 Å². The summed E-state index contributed by atoms with van der Waals surface area (Å²) < 4.78 is 4.66. The van der Waals surface area contributed by atoms with E-state index in [-0.39, 0.29) is 0 Å². The predicted molar refractivity (Wildman–Crippen MR) is 198 cm³/mol. The highest BCUT2D eigenvalue weighted by Crippen LogP contribution is 2.42. The molecule has 0 aliphatic heterocycles. The van der Waals surface area contributed by atoms with Crippen molar-refractivity contribution >= 4 is 65.3 Å². The van der Waals surface area contributed by atoms with Crippen molar-refractivity contribution in [3.8, 4) is 28.6 Å². The predicted octanol–water partition coefficient (Wildman–Crippen LogP) is 11.1. The Morgan fingerprint density at radius 2 is 1.06 bits per heavy atom. The van der Waals surface area contributed by atoms with Gasteiger partial charge in [-0.05, 0) is 89.3 Å². The molecule has 3 aromatic heterocycles. The van der Waals surface area contributed by atoms with Crippen LogP contribution in [0.15, 0.2) is 158 Å². The van der Waals surface area contributed by atoms with Crippen LogP contribution >= 0.6 is 0 Å². The van der Waals surface area contributed by atoms with Crippen molar-refractivity contribution < 1.29 is 0 Å². The lowest BCUT2D eigenvalue weighted by Gasteiger charge is -2.14. The topological polar surface area (TPSA) is 46.5 Å². The van der Waals surface area contributed by atoms with Crippen molar-refractivity contribution in [3.63, 3.8) is 0 Å². The van der Waals surface area contributed by atoms with Crippen molar-refractivity contribution in [3.05, 3.63) is 163 Å². The highest BCUT2D eigenvalue weighted by atomic mass is 15.0. The molecule has 0 amide bonds. The van der Waals surface area contributed by atoms with Gasteiger partial charge >= 0.3 is 0 Å². The van der Waals surface area contributed by atoms with Crippen LogP contribution in [-0.4, -0.2) is 14.1 Å². The maximum Gasteiger partial charge on any atom is 0.0999 e. The fraction of sp³-hybridized carbons (Fsp3) is 0. The number of aromatic nitrogens is 3. The van der Waals surface area contributed by atoms with E-state index in [1.54, 1.807) is 6.20 Å². The lowest BCUT2D eigenvalue weighted by Crippen LogP contribution is -1.94. The van der Waals surface area contributed by atoms with Gasteiger partial charge in [-0.3, -0.25) is 4.98 Å². The quantitative estimate of drug-likeness (QED) is 0.187. The molecule has 0 N–H and O–H groups in total. The second kappa shape index (κ2) is 10.2. The van der Waals surface area contributed by atoms with Crippen LogP contribution in [-0.2, 0) is 0 Å². The molecule has 4 nitrogen and oxygen atoms in total. The number of nitrogens with zero attached hydrogens (tertiary/aromatic N) is 4. The Kier molecular flexibility index (Phi) is 5.61. The Hall–Kier alpha value is -6.70. The molecule has 4 heteroatoms. The van der Waals surface area contributed by atoms with Crippen LogP contribution in [0.2, 0.25) is 0 Å². The minimum absolute atomic E-state index is 0.618. The zero-order valence-corrected chi connectivity index (χ0v) is 25.8. The van der Waals surface area contributed by atoms with Gasteiger partial charge in [0.25, 0.3) is 0 Å². The van der Waals surface area contributed by atoms with Crippen LogP contribution in [0.4, 0.5) is 0 Å². The lowest BCUT2D eigenvalue weighted by molar-refractivity contribution is 1.18. The third-order valence-electron chi connectivity index (χ3n) is 9.75. The minimum atomic E-state index is 0.618. The van der Waals surface area contributed by atoms with Crippen LogP contribution in [0, 0.1) is 11.3 Å². The van der Waals surface area contributed by atoms with E-state index < -0.39 is 0 Å². The van der Waals surface area contributed by atoms with E-state index in [0.29, 0.717) is 5.56 Å². The fourth-order valence-corrected chi connectivity index (χ4v) is 7.69. The zero-order valence-electron chi connectivity index (χ0n) is 25.8. The number of nitriles is 1. The van der Waals surface area contributed by atoms with Gasteiger partial charge in [0, 0.05) is 49.9 Å². The summed E-state index contributed by atoms with van der Waals surface area (Å²) in [6.45, 7) is 0. The van der Waals surface area contributed by atoms with Gasteiger partial charge in [0.2, 0.25) is 0 Å². The Balaban J connectivity index is 1.30. The molecule has 0 spiro atoms. The summed E-state index contributed by atoms with van der Waals surface area (Å²) in [6, 6.07) is 56.0. The molecule has 7 aromatic carbocycles. The molecular formula is C44H26N4. The van der Waals surface area contributed by atoms with Gasteiger partial charge < -0.3 is 9.13 Å². The highest BCUT2D eigenvalue weighted by molar-refractivity contribution is 6.21. The second-order valence-electron chi connectivity index (χ2n) is 12.3. The molecule has 0 unspecified atom stereocenters. The van der Waals surface area contributed by atoms with Gasteiger partial charge in [-0.25, -0.2) is 0 Å². The summed E-state index contributed by atoms with van der Waals surface area (Å²) in [5.41, 5.74) is 10.3. The van der Waals surface area contributed by atoms with Crippen LogP contribution < -0.4 is 0 Å². The summed E-state index contributed by atoms with van der Waals surface area (Å²) in [4.78, 5) is 4.96. The fourth-order valence-electron chi connectivity index (χ4n) is 7.69. The molecule has 0 bridgehead atoms. The highest BCUT2D eigenvalue weighted by Gasteiger charge is 2.19. The second-order valence-corrected chi connectivity index (χ2v) is 12.3. The van der Waals surface area contributed by atoms with Gasteiger partial charge in [0.05, 0.1) is 39.2 Å². The summed E-state index contributed by atoms with van der Waals surface area (Å²) in [5, 5.41) is 18.1. The number of pyridine rings is 1. The van der Waals surface area contributed by atoms with Crippen molar-refractivity contribution in [1.82, 2.24) is 14.1 Å². The molecule has 3 heterocycles. The standard InChI is InChI=1S/C44H26N4/c45-27-29-21-22-46-44-36-26-42-38(34-16-8-10-18-40(34)48(42)32-13-5-2-6-14-32)25-30(36)24-35(43(29)44)28-19-20-41-37(23-28)33-15-7-9-17-39(33)47(41)31-11-3-1-4-12-31/h1-26H. The van der Waals surface area contributed by atoms with Crippen molar-refractivity contribution in [2.45, 2.75) is 0 Å². The Morgan fingerprint density at radius 1 is 0.479 bits per heavy atom. The minimum Gasteiger partial charge on any atom is -0.309 e. The van der Waals surface area contributed by atoms with E-state index in [1.165, 1.54) is 21.5 Å². The third-order valence-corrected chi connectivity index (χ3v) is 9.75. The third kappa shape index (κ3) is 3.73. The number of hydrogen-bond donors (Lipinski definition) is 0. The monoisotopic (exact) mass is 610 g/mol. The number of hydrogen-bond acceptors (Lipinski definition) is 2. The van der Waals surface area contributed by atoms with Crippen LogP contribution in [0.5, 0.6) is 0 Å². The largest absolute Gasteiger partial charge is 0.309 e. The summed E-state index contributed by atoms with van der Waals surface area (Å²) in [7, 11) is 0. The molecule has 48 heavy (non-hydrogen) atoms. The Bertz CT molecular complexity index is 2940. The first-order valence-corrected chi connectivity index (χ1v) is 16.1. The van der Waals surface area contributed by atoms with Crippen molar-refractivity contribution in [2.24, 2.45) is 0 Å². The lowest BCUT2D eigenvalue weighted by atomic mass is 9.92. The van der Waals surface area contributed by atoms with E-state index in [2.05, 4.69) is 149 Å². The molecular weight excluding hydrogens is 585 g/mol. The molecule has 10 rings (SSSR count). The average Bonchev–Trinajstić information content (AvgIpc) is 3.66. The molecule has 222 valence electrons. The number of benzene rings is 7. The molecule has 0 atom stereocenters. The summed E-state index contributed by atoms with van der Waals surface area (Å²) >= 11 is 0. The molecule has 0 fully saturated rings. The van der Waals surface area contributed by atoms with Gasteiger partial charge in [-0.2, -0.15) is 5.26 Å². The van der Waals surface area contributed by atoms with Crippen LogP contribution in [0.1, 0.15) is 5.56 Å². The first kappa shape index (κ1) is 26.5. The first-order chi connectivity index (χ1) is 23.8. The molecule has 0 radical (unpaired) electrons. The molecule has 0 saturated heterocycles. The summed E-state index contributed by atoms with van der Waals surface area (Å²) in [5.74, 6) is 0. The van der Waals surface area contributed by atoms with E-state index >= 15 is 0 Å². The van der Waals surface area contributed by atoms with Gasteiger partial charge in [0.1, 0.15) is 0 Å². The van der Waals surface area contributed by atoms with Crippen molar-refractivity contribution in [2.75, 3.05) is 0 Å². The number of fused-ring (bicyclic) bond motifs is 9. The first-order valence-electron chi connectivity index (χ1n) is 16.1. The normalized spacial score (nSPS) is 11.7. The molecule has 0 aliphatic rings. The van der Waals surface area contributed by atoms with Gasteiger partial charge in [-0.15, -0.1) is 0 Å².